The third-order valence-corrected chi connectivity index (χ3v) is 6.29. The molecule has 2 rings (SSSR count). The number of methoxy groups -OCH3 is 2. The first-order valence-electron chi connectivity index (χ1n) is 10.5. The largest absolute Gasteiger partial charge is 0.493 e. The number of nitrogens with zero attached hydrogens (tertiary/aromatic N) is 2. The number of benzene rings is 2. The summed E-state index contributed by atoms with van der Waals surface area (Å²) in [6.45, 7) is 2.76. The Morgan fingerprint density at radius 1 is 1.09 bits per heavy atom. The molecule has 2 aromatic rings. The van der Waals surface area contributed by atoms with Crippen LogP contribution in [-0.4, -0.2) is 64.7 Å². The smallest absolute Gasteiger partial charge is 0.244 e. The Morgan fingerprint density at radius 3 is 2.29 bits per heavy atom. The molecule has 2 aromatic carbocycles. The second kappa shape index (κ2) is 11.7. The van der Waals surface area contributed by atoms with Crippen LogP contribution in [0.3, 0.4) is 0 Å². The molecule has 0 aliphatic carbocycles. The van der Waals surface area contributed by atoms with Gasteiger partial charge in [-0.3, -0.25) is 13.9 Å². The molecule has 0 saturated heterocycles. The van der Waals surface area contributed by atoms with Crippen molar-refractivity contribution < 1.29 is 31.9 Å². The fourth-order valence-corrected chi connectivity index (χ4v) is 4.15. The van der Waals surface area contributed by atoms with Crippen LogP contribution in [0.1, 0.15) is 19.4 Å². The normalized spacial score (nSPS) is 11.9. The van der Waals surface area contributed by atoms with Crippen molar-refractivity contribution in [3.63, 3.8) is 0 Å². The van der Waals surface area contributed by atoms with Gasteiger partial charge in [0.25, 0.3) is 0 Å². The maximum absolute atomic E-state index is 14.3. The quantitative estimate of drug-likeness (QED) is 0.512. The molecule has 0 aliphatic heterocycles. The minimum absolute atomic E-state index is 0.171. The molecule has 0 radical (unpaired) electrons. The first kappa shape index (κ1) is 26.9. The molecule has 0 saturated carbocycles. The van der Waals surface area contributed by atoms with E-state index >= 15 is 0 Å². The Morgan fingerprint density at radius 2 is 1.74 bits per heavy atom. The van der Waals surface area contributed by atoms with Gasteiger partial charge in [-0.15, -0.1) is 0 Å². The summed E-state index contributed by atoms with van der Waals surface area (Å²) in [7, 11) is -1.07. The second-order valence-corrected chi connectivity index (χ2v) is 9.40. The molecule has 34 heavy (non-hydrogen) atoms. The lowest BCUT2D eigenvalue weighted by Gasteiger charge is -2.31. The summed E-state index contributed by atoms with van der Waals surface area (Å²) in [5.74, 6) is -0.994. The van der Waals surface area contributed by atoms with E-state index in [1.165, 1.54) is 57.5 Å². The molecular weight excluding hydrogens is 465 g/mol. The molecule has 0 unspecified atom stereocenters. The minimum Gasteiger partial charge on any atom is -0.493 e. The molecular formula is C23H30FN3O6S. The predicted octanol–water partition coefficient (Wildman–Crippen LogP) is 2.16. The van der Waals surface area contributed by atoms with Crippen molar-refractivity contribution in [3.8, 4) is 11.5 Å². The highest BCUT2D eigenvalue weighted by Crippen LogP contribution is 2.32. The van der Waals surface area contributed by atoms with E-state index in [2.05, 4.69) is 5.32 Å². The summed E-state index contributed by atoms with van der Waals surface area (Å²) in [5.41, 5.74) is 0.369. The number of ether oxygens (including phenoxy) is 2. The van der Waals surface area contributed by atoms with E-state index in [1.807, 2.05) is 0 Å². The lowest BCUT2D eigenvalue weighted by molar-refractivity contribution is -0.139. The molecule has 0 fully saturated rings. The lowest BCUT2D eigenvalue weighted by Crippen LogP contribution is -2.51. The fourth-order valence-electron chi connectivity index (χ4n) is 3.31. The van der Waals surface area contributed by atoms with Gasteiger partial charge in [0.2, 0.25) is 21.8 Å². The van der Waals surface area contributed by atoms with E-state index in [0.717, 1.165) is 15.5 Å². The van der Waals surface area contributed by atoms with Crippen molar-refractivity contribution in [1.82, 2.24) is 10.2 Å². The molecule has 1 N–H and O–H groups in total. The number of rotatable bonds is 11. The maximum Gasteiger partial charge on any atom is 0.244 e. The average Bonchev–Trinajstić information content (AvgIpc) is 2.80. The number of carbonyl (C=O) groups excluding carboxylic acids is 2. The Labute approximate surface area is 199 Å². The van der Waals surface area contributed by atoms with Gasteiger partial charge in [-0.25, -0.2) is 12.8 Å². The Kier molecular flexibility index (Phi) is 9.25. The number of hydrogen-bond acceptors (Lipinski definition) is 6. The first-order chi connectivity index (χ1) is 16.0. The zero-order chi connectivity index (χ0) is 25.5. The molecule has 186 valence electrons. The van der Waals surface area contributed by atoms with Gasteiger partial charge in [0.15, 0.2) is 11.5 Å². The summed E-state index contributed by atoms with van der Waals surface area (Å²) in [6.07, 6.45) is 0.964. The number of sulfonamides is 1. The van der Waals surface area contributed by atoms with Crippen LogP contribution < -0.4 is 19.1 Å². The van der Waals surface area contributed by atoms with Gasteiger partial charge in [-0.05, 0) is 32.0 Å². The van der Waals surface area contributed by atoms with E-state index < -0.39 is 40.2 Å². The fraction of sp³-hybridized carbons (Fsp3) is 0.391. The first-order valence-corrected chi connectivity index (χ1v) is 12.4. The van der Waals surface area contributed by atoms with Gasteiger partial charge in [0.1, 0.15) is 18.4 Å². The van der Waals surface area contributed by atoms with Crippen molar-refractivity contribution in [2.24, 2.45) is 0 Å². The highest BCUT2D eigenvalue weighted by Gasteiger charge is 2.30. The standard InChI is InChI=1S/C23H30FN3O6S/c1-6-25-23(29)16(2)26(14-17-9-7-8-10-19(17)24)22(28)15-27(34(5,30)31)18-11-12-20(32-3)21(13-18)33-4/h7-13,16H,6,14-15H2,1-5H3,(H,25,29)/t16-/m0/s1. The molecule has 0 aromatic heterocycles. The topological polar surface area (TPSA) is 105 Å². The van der Waals surface area contributed by atoms with Crippen molar-refractivity contribution >= 4 is 27.5 Å². The number of halogens is 1. The zero-order valence-electron chi connectivity index (χ0n) is 19.9. The van der Waals surface area contributed by atoms with Crippen LogP contribution in [0, 0.1) is 5.82 Å². The maximum atomic E-state index is 14.3. The van der Waals surface area contributed by atoms with Crippen LogP contribution in [0.25, 0.3) is 0 Å². The zero-order valence-corrected chi connectivity index (χ0v) is 20.7. The summed E-state index contributed by atoms with van der Waals surface area (Å²) in [4.78, 5) is 27.0. The van der Waals surface area contributed by atoms with E-state index in [4.69, 9.17) is 9.47 Å². The number of likely N-dealkylation sites (N-methyl/N-ethyl adjacent to an activating group) is 1. The van der Waals surface area contributed by atoms with E-state index in [9.17, 15) is 22.4 Å². The molecule has 9 nitrogen and oxygen atoms in total. The molecule has 11 heteroatoms. The molecule has 0 spiro atoms. The van der Waals surface area contributed by atoms with Crippen LogP contribution in [0.2, 0.25) is 0 Å². The Balaban J connectivity index is 2.45. The van der Waals surface area contributed by atoms with Crippen molar-refractivity contribution in [3.05, 3.63) is 53.8 Å². The Bertz CT molecular complexity index is 1130. The number of nitrogens with one attached hydrogen (secondary N) is 1. The van der Waals surface area contributed by atoms with Gasteiger partial charge >= 0.3 is 0 Å². The predicted molar refractivity (Wildman–Crippen MR) is 127 cm³/mol. The summed E-state index contributed by atoms with van der Waals surface area (Å²) < 4.78 is 50.9. The van der Waals surface area contributed by atoms with Gasteiger partial charge < -0.3 is 19.7 Å². The summed E-state index contributed by atoms with van der Waals surface area (Å²) >= 11 is 0. The van der Waals surface area contributed by atoms with Crippen LogP contribution in [0.4, 0.5) is 10.1 Å². The summed E-state index contributed by atoms with van der Waals surface area (Å²) in [5, 5.41) is 2.64. The van der Waals surface area contributed by atoms with Crippen molar-refractivity contribution in [1.29, 1.82) is 0 Å². The monoisotopic (exact) mass is 495 g/mol. The SMILES string of the molecule is CCNC(=O)[C@H](C)N(Cc1ccccc1F)C(=O)CN(c1ccc(OC)c(OC)c1)S(C)(=O)=O. The third kappa shape index (κ3) is 6.60. The van der Waals surface area contributed by atoms with Gasteiger partial charge in [0, 0.05) is 24.7 Å². The molecule has 1 atom stereocenters. The third-order valence-electron chi connectivity index (χ3n) is 5.15. The molecule has 0 bridgehead atoms. The van der Waals surface area contributed by atoms with Crippen molar-refractivity contribution in [2.45, 2.75) is 26.4 Å². The minimum atomic E-state index is -3.91. The van der Waals surface area contributed by atoms with E-state index in [1.54, 1.807) is 13.0 Å². The van der Waals surface area contributed by atoms with Crippen LogP contribution in [0.15, 0.2) is 42.5 Å². The lowest BCUT2D eigenvalue weighted by atomic mass is 10.1. The molecule has 0 aliphatic rings. The second-order valence-electron chi connectivity index (χ2n) is 7.49. The van der Waals surface area contributed by atoms with Crippen LogP contribution >= 0.6 is 0 Å². The highest BCUT2D eigenvalue weighted by molar-refractivity contribution is 7.92. The highest BCUT2D eigenvalue weighted by atomic mass is 32.2. The van der Waals surface area contributed by atoms with Gasteiger partial charge in [-0.1, -0.05) is 18.2 Å². The Hall–Kier alpha value is -3.34. The van der Waals surface area contributed by atoms with E-state index in [-0.39, 0.29) is 23.5 Å². The molecule has 2 amide bonds. The number of anilines is 1. The molecule has 0 heterocycles. The van der Waals surface area contributed by atoms with Crippen molar-refractivity contribution in [2.75, 3.05) is 37.9 Å². The average molecular weight is 496 g/mol. The van der Waals surface area contributed by atoms with Crippen LogP contribution in [0.5, 0.6) is 11.5 Å². The van der Waals surface area contributed by atoms with E-state index in [0.29, 0.717) is 12.3 Å². The number of amides is 2. The van der Waals surface area contributed by atoms with Gasteiger partial charge in [0.05, 0.1) is 26.2 Å². The summed E-state index contributed by atoms with van der Waals surface area (Å²) in [6, 6.07) is 9.34. The number of carbonyl (C=O) groups is 2. The number of hydrogen-bond donors (Lipinski definition) is 1. The van der Waals surface area contributed by atoms with Gasteiger partial charge in [-0.2, -0.15) is 0 Å². The van der Waals surface area contributed by atoms with Crippen LogP contribution in [-0.2, 0) is 26.2 Å².